The minimum Gasteiger partial charge on any atom is -0.487 e. The third kappa shape index (κ3) is 5.37. The van der Waals surface area contributed by atoms with Crippen molar-refractivity contribution in [2.45, 2.75) is 26.4 Å². The molecule has 0 spiro atoms. The smallest absolute Gasteiger partial charge is 0.152 e. The fourth-order valence-electron chi connectivity index (χ4n) is 3.38. The number of para-hydroxylation sites is 2. The summed E-state index contributed by atoms with van der Waals surface area (Å²) in [7, 11) is 2.08. The Hall–Kier alpha value is -2.30. The Labute approximate surface area is 172 Å². The number of unbranched alkanes of at least 4 members (excludes halogenated alkanes) is 1. The van der Waals surface area contributed by atoms with Crippen molar-refractivity contribution in [1.29, 1.82) is 0 Å². The van der Waals surface area contributed by atoms with Gasteiger partial charge in [0.15, 0.2) is 5.78 Å². The number of likely N-dealkylation sites (N-methyl/N-ethyl adjacent to an activating group) is 1. The number of ether oxygens (including phenoxy) is 1. The van der Waals surface area contributed by atoms with Crippen molar-refractivity contribution in [3.63, 3.8) is 0 Å². The predicted molar refractivity (Wildman–Crippen MR) is 116 cm³/mol. The van der Waals surface area contributed by atoms with Crippen LogP contribution in [-0.4, -0.2) is 37.4 Å². The molecular weight excluding hydrogens is 372 g/mol. The van der Waals surface area contributed by atoms with E-state index >= 15 is 0 Å². The van der Waals surface area contributed by atoms with E-state index in [0.717, 1.165) is 60.2 Å². The molecule has 4 nitrogen and oxygen atoms in total. The molecule has 28 heavy (non-hydrogen) atoms. The Morgan fingerprint density at radius 2 is 2.04 bits per heavy atom. The summed E-state index contributed by atoms with van der Waals surface area (Å²) in [6.07, 6.45) is 5.66. The summed E-state index contributed by atoms with van der Waals surface area (Å²) >= 11 is 6.29. The van der Waals surface area contributed by atoms with Gasteiger partial charge in [0.05, 0.1) is 5.69 Å². The second-order valence-corrected chi connectivity index (χ2v) is 7.60. The van der Waals surface area contributed by atoms with Gasteiger partial charge in [-0.2, -0.15) is 0 Å². The van der Waals surface area contributed by atoms with Crippen molar-refractivity contribution in [3.8, 4) is 5.75 Å². The van der Waals surface area contributed by atoms with Gasteiger partial charge in [-0.3, -0.25) is 4.79 Å². The molecule has 5 heteroatoms. The second-order valence-electron chi connectivity index (χ2n) is 7.16. The first kappa shape index (κ1) is 20.4. The van der Waals surface area contributed by atoms with Crippen molar-refractivity contribution in [1.82, 2.24) is 4.90 Å². The molecule has 0 radical (unpaired) electrons. The lowest BCUT2D eigenvalue weighted by atomic mass is 10.1. The van der Waals surface area contributed by atoms with E-state index in [9.17, 15) is 4.79 Å². The highest BCUT2D eigenvalue weighted by molar-refractivity contribution is 6.30. The zero-order valence-corrected chi connectivity index (χ0v) is 17.3. The van der Waals surface area contributed by atoms with Gasteiger partial charge in [-0.25, -0.2) is 0 Å². The Morgan fingerprint density at radius 3 is 2.86 bits per heavy atom. The van der Waals surface area contributed by atoms with Crippen LogP contribution in [0.15, 0.2) is 54.6 Å². The molecule has 148 valence electrons. The number of halogens is 1. The maximum atomic E-state index is 11.0. The van der Waals surface area contributed by atoms with Crippen molar-refractivity contribution < 1.29 is 9.53 Å². The van der Waals surface area contributed by atoms with Crippen LogP contribution in [0.4, 0.5) is 11.4 Å². The van der Waals surface area contributed by atoms with Crippen LogP contribution in [0.5, 0.6) is 5.75 Å². The number of nitrogens with zero attached hydrogens (tertiary/aromatic N) is 2. The number of carbonyl (C=O) groups excluding carboxylic acids is 1. The molecular formula is C23H27ClN2O2. The number of ketones is 1. The van der Waals surface area contributed by atoms with E-state index in [1.165, 1.54) is 0 Å². The lowest BCUT2D eigenvalue weighted by Crippen LogP contribution is -2.23. The Morgan fingerprint density at radius 1 is 1.21 bits per heavy atom. The molecule has 0 fully saturated rings. The molecule has 0 unspecified atom stereocenters. The molecule has 0 aliphatic carbocycles. The van der Waals surface area contributed by atoms with E-state index in [2.05, 4.69) is 22.9 Å². The molecule has 2 aromatic rings. The van der Waals surface area contributed by atoms with Gasteiger partial charge in [0.2, 0.25) is 0 Å². The molecule has 1 aliphatic heterocycles. The highest BCUT2D eigenvalue weighted by Crippen LogP contribution is 2.40. The first-order valence-corrected chi connectivity index (χ1v) is 10.1. The molecule has 0 saturated carbocycles. The number of carbonyl (C=O) groups is 1. The summed E-state index contributed by atoms with van der Waals surface area (Å²) in [5.41, 5.74) is 3.35. The van der Waals surface area contributed by atoms with Crippen LogP contribution in [0, 0.1) is 0 Å². The van der Waals surface area contributed by atoms with Crippen molar-refractivity contribution >= 4 is 28.8 Å². The highest BCUT2D eigenvalue weighted by Gasteiger charge is 2.21. The van der Waals surface area contributed by atoms with E-state index in [-0.39, 0.29) is 5.78 Å². The number of benzene rings is 2. The number of rotatable bonds is 8. The van der Waals surface area contributed by atoms with Gasteiger partial charge in [-0.1, -0.05) is 35.9 Å². The Bertz CT molecular complexity index is 850. The lowest BCUT2D eigenvalue weighted by Gasteiger charge is -2.26. The SMILES string of the molecule is CC(=O)/C=C/CN(C)CCCCN1c2cc(Cl)ccc2COc2ccccc21. The van der Waals surface area contributed by atoms with Crippen molar-refractivity contribution in [3.05, 3.63) is 65.2 Å². The normalized spacial score (nSPS) is 13.2. The van der Waals surface area contributed by atoms with Crippen LogP contribution in [0.25, 0.3) is 0 Å². The number of anilines is 2. The third-order valence-corrected chi connectivity index (χ3v) is 5.05. The fraction of sp³-hybridized carbons (Fsp3) is 0.348. The zero-order chi connectivity index (χ0) is 19.9. The maximum Gasteiger partial charge on any atom is 0.152 e. The molecule has 2 aromatic carbocycles. The molecule has 0 atom stereocenters. The fourth-order valence-corrected chi connectivity index (χ4v) is 3.55. The molecule has 0 bridgehead atoms. The van der Waals surface area contributed by atoms with E-state index in [1.807, 2.05) is 42.5 Å². The number of hydrogen-bond acceptors (Lipinski definition) is 4. The summed E-state index contributed by atoms with van der Waals surface area (Å²) in [6.45, 7) is 4.79. The lowest BCUT2D eigenvalue weighted by molar-refractivity contribution is -0.112. The van der Waals surface area contributed by atoms with Crippen LogP contribution in [0.3, 0.4) is 0 Å². The van der Waals surface area contributed by atoms with Gasteiger partial charge >= 0.3 is 0 Å². The van der Waals surface area contributed by atoms with Crippen LogP contribution >= 0.6 is 11.6 Å². The highest BCUT2D eigenvalue weighted by atomic mass is 35.5. The Kier molecular flexibility index (Phi) is 7.12. The third-order valence-electron chi connectivity index (χ3n) is 4.82. The summed E-state index contributed by atoms with van der Waals surface area (Å²) in [5, 5.41) is 0.736. The first-order valence-electron chi connectivity index (χ1n) is 9.68. The monoisotopic (exact) mass is 398 g/mol. The van der Waals surface area contributed by atoms with Crippen LogP contribution in [0.1, 0.15) is 25.3 Å². The summed E-state index contributed by atoms with van der Waals surface area (Å²) in [4.78, 5) is 15.5. The molecule has 0 saturated heterocycles. The zero-order valence-electron chi connectivity index (χ0n) is 16.5. The summed E-state index contributed by atoms with van der Waals surface area (Å²) in [5.74, 6) is 0.995. The quantitative estimate of drug-likeness (QED) is 0.450. The van der Waals surface area contributed by atoms with Crippen molar-refractivity contribution in [2.24, 2.45) is 0 Å². The minimum atomic E-state index is 0.0905. The van der Waals surface area contributed by atoms with E-state index in [4.69, 9.17) is 16.3 Å². The minimum absolute atomic E-state index is 0.0905. The van der Waals surface area contributed by atoms with E-state index in [0.29, 0.717) is 6.61 Å². The van der Waals surface area contributed by atoms with Gasteiger partial charge in [-0.15, -0.1) is 0 Å². The number of allylic oxidation sites excluding steroid dienone is 1. The predicted octanol–water partition coefficient (Wildman–Crippen LogP) is 5.23. The van der Waals surface area contributed by atoms with Gasteiger partial charge in [0, 0.05) is 29.4 Å². The van der Waals surface area contributed by atoms with E-state index < -0.39 is 0 Å². The summed E-state index contributed by atoms with van der Waals surface area (Å²) < 4.78 is 6.03. The summed E-state index contributed by atoms with van der Waals surface area (Å²) in [6, 6.07) is 14.2. The topological polar surface area (TPSA) is 32.8 Å². The molecule has 3 rings (SSSR count). The van der Waals surface area contributed by atoms with Gasteiger partial charge < -0.3 is 14.5 Å². The molecule has 0 aromatic heterocycles. The second kappa shape index (κ2) is 9.76. The standard InChI is InChI=1S/C23H27ClN2O2/c1-18(27)8-7-14-25(2)13-5-6-15-26-21-9-3-4-10-23(21)28-17-19-11-12-20(24)16-22(19)26/h3-4,7-12,16H,5-6,13-15,17H2,1-2H3/b8-7+. The Balaban J connectivity index is 1.66. The van der Waals surface area contributed by atoms with Gasteiger partial charge in [-0.05, 0) is 63.7 Å². The average molecular weight is 399 g/mol. The van der Waals surface area contributed by atoms with Crippen LogP contribution < -0.4 is 9.64 Å². The maximum absolute atomic E-state index is 11.0. The molecule has 1 heterocycles. The van der Waals surface area contributed by atoms with Crippen LogP contribution in [0.2, 0.25) is 5.02 Å². The van der Waals surface area contributed by atoms with Gasteiger partial charge in [0.25, 0.3) is 0 Å². The number of hydrogen-bond donors (Lipinski definition) is 0. The van der Waals surface area contributed by atoms with Gasteiger partial charge in [0.1, 0.15) is 12.4 Å². The molecule has 1 aliphatic rings. The molecule has 0 N–H and O–H groups in total. The van der Waals surface area contributed by atoms with E-state index in [1.54, 1.807) is 13.0 Å². The average Bonchev–Trinajstić information content (AvgIpc) is 2.82. The largest absolute Gasteiger partial charge is 0.487 e. The van der Waals surface area contributed by atoms with Crippen LogP contribution in [-0.2, 0) is 11.4 Å². The number of fused-ring (bicyclic) bond motifs is 2. The molecule has 0 amide bonds. The first-order chi connectivity index (χ1) is 13.5. The van der Waals surface area contributed by atoms with Crippen molar-refractivity contribution in [2.75, 3.05) is 31.6 Å².